The lowest BCUT2D eigenvalue weighted by Crippen LogP contribution is -1.95. The van der Waals surface area contributed by atoms with Crippen LogP contribution in [-0.2, 0) is 13.0 Å². The Labute approximate surface area is 81.5 Å². The summed E-state index contributed by atoms with van der Waals surface area (Å²) in [6.45, 7) is 1.07. The van der Waals surface area contributed by atoms with Crippen molar-refractivity contribution in [3.05, 3.63) is 18.1 Å². The predicted molar refractivity (Wildman–Crippen MR) is 52.4 cm³/mol. The first kappa shape index (κ1) is 7.79. The molecule has 0 unspecified atom stereocenters. The highest BCUT2D eigenvalue weighted by Gasteiger charge is 2.17. The molecule has 1 aliphatic heterocycles. The van der Waals surface area contributed by atoms with Crippen LogP contribution >= 0.6 is 0 Å². The maximum absolute atomic E-state index is 5.20. The third-order valence-electron chi connectivity index (χ3n) is 2.75. The Hall–Kier alpha value is -1.58. The summed E-state index contributed by atoms with van der Waals surface area (Å²) in [5, 5.41) is 1.03. The fraction of sp³-hybridized carbons (Fsp3) is 0.400. The van der Waals surface area contributed by atoms with Gasteiger partial charge in [-0.25, -0.2) is 9.97 Å². The van der Waals surface area contributed by atoms with Crippen molar-refractivity contribution in [2.45, 2.75) is 19.4 Å². The zero-order chi connectivity index (χ0) is 9.54. The fourth-order valence-corrected chi connectivity index (χ4v) is 2.13. The predicted octanol–water partition coefficient (Wildman–Crippen LogP) is 1.39. The lowest BCUT2D eigenvalue weighted by Gasteiger charge is -2.01. The van der Waals surface area contributed by atoms with Crippen LogP contribution in [0, 0.1) is 0 Å². The van der Waals surface area contributed by atoms with E-state index in [1.54, 1.807) is 13.4 Å². The zero-order valence-electron chi connectivity index (χ0n) is 8.03. The Morgan fingerprint density at radius 1 is 1.43 bits per heavy atom. The van der Waals surface area contributed by atoms with Gasteiger partial charge in [0.15, 0.2) is 0 Å². The summed E-state index contributed by atoms with van der Waals surface area (Å²) >= 11 is 0. The first-order chi connectivity index (χ1) is 6.90. The molecule has 1 aliphatic rings. The lowest BCUT2D eigenvalue weighted by molar-refractivity contribution is 0.402. The van der Waals surface area contributed by atoms with Gasteiger partial charge in [-0.05, 0) is 18.9 Å². The highest BCUT2D eigenvalue weighted by atomic mass is 16.5. The summed E-state index contributed by atoms with van der Waals surface area (Å²) in [6.07, 6.45) is 3.92. The molecule has 72 valence electrons. The monoisotopic (exact) mass is 189 g/mol. The normalized spacial score (nSPS) is 14.6. The van der Waals surface area contributed by atoms with Crippen LogP contribution in [0.2, 0.25) is 0 Å². The Bertz CT molecular complexity index is 489. The Balaban J connectivity index is 2.36. The van der Waals surface area contributed by atoms with E-state index in [4.69, 9.17) is 4.74 Å². The standard InChI is InChI=1S/C10H11N3O/c1-14-10-8-5-7-3-2-4-13(7)9(8)11-6-12-10/h5-6H,2-4H2,1H3. The largest absolute Gasteiger partial charge is 0.480 e. The van der Waals surface area contributed by atoms with E-state index in [2.05, 4.69) is 20.6 Å². The van der Waals surface area contributed by atoms with E-state index in [9.17, 15) is 0 Å². The van der Waals surface area contributed by atoms with Gasteiger partial charge in [0.1, 0.15) is 12.0 Å². The molecule has 0 saturated heterocycles. The van der Waals surface area contributed by atoms with Gasteiger partial charge >= 0.3 is 0 Å². The number of fused-ring (bicyclic) bond motifs is 3. The number of rotatable bonds is 1. The van der Waals surface area contributed by atoms with Crippen LogP contribution in [0.5, 0.6) is 5.88 Å². The molecule has 0 atom stereocenters. The average molecular weight is 189 g/mol. The molecule has 0 spiro atoms. The Kier molecular flexibility index (Phi) is 1.50. The van der Waals surface area contributed by atoms with Gasteiger partial charge < -0.3 is 9.30 Å². The highest BCUT2D eigenvalue weighted by molar-refractivity contribution is 5.82. The average Bonchev–Trinajstić information content (AvgIpc) is 2.76. The molecule has 0 radical (unpaired) electrons. The van der Waals surface area contributed by atoms with Crippen LogP contribution in [0.1, 0.15) is 12.1 Å². The molecule has 2 aromatic rings. The highest BCUT2D eigenvalue weighted by Crippen LogP contribution is 2.28. The van der Waals surface area contributed by atoms with Crippen LogP contribution in [0.3, 0.4) is 0 Å². The first-order valence-corrected chi connectivity index (χ1v) is 4.77. The maximum atomic E-state index is 5.20. The molecule has 0 saturated carbocycles. The summed E-state index contributed by atoms with van der Waals surface area (Å²) in [7, 11) is 1.64. The van der Waals surface area contributed by atoms with Crippen molar-refractivity contribution in [2.24, 2.45) is 0 Å². The van der Waals surface area contributed by atoms with Gasteiger partial charge in [0.05, 0.1) is 12.5 Å². The van der Waals surface area contributed by atoms with Gasteiger partial charge in [0, 0.05) is 12.2 Å². The van der Waals surface area contributed by atoms with E-state index >= 15 is 0 Å². The summed E-state index contributed by atoms with van der Waals surface area (Å²) < 4.78 is 7.45. The van der Waals surface area contributed by atoms with E-state index in [-0.39, 0.29) is 0 Å². The molecule has 0 amide bonds. The second kappa shape index (κ2) is 2.70. The third kappa shape index (κ3) is 0.880. The molecular formula is C10H11N3O. The van der Waals surface area contributed by atoms with Gasteiger partial charge in [-0.3, -0.25) is 0 Å². The van der Waals surface area contributed by atoms with Crippen LogP contribution in [0.15, 0.2) is 12.4 Å². The Morgan fingerprint density at radius 2 is 2.36 bits per heavy atom. The van der Waals surface area contributed by atoms with Crippen LogP contribution in [-0.4, -0.2) is 21.6 Å². The second-order valence-electron chi connectivity index (χ2n) is 3.51. The fourth-order valence-electron chi connectivity index (χ4n) is 2.13. The van der Waals surface area contributed by atoms with Crippen molar-refractivity contribution in [3.8, 4) is 5.88 Å². The van der Waals surface area contributed by atoms with E-state index in [0.29, 0.717) is 5.88 Å². The van der Waals surface area contributed by atoms with E-state index < -0.39 is 0 Å². The number of aromatic nitrogens is 3. The molecule has 3 rings (SSSR count). The summed E-state index contributed by atoms with van der Waals surface area (Å²) in [6, 6.07) is 2.14. The minimum absolute atomic E-state index is 0.678. The second-order valence-corrected chi connectivity index (χ2v) is 3.51. The molecule has 4 nitrogen and oxygen atoms in total. The number of ether oxygens (including phenoxy) is 1. The quantitative estimate of drug-likeness (QED) is 0.680. The van der Waals surface area contributed by atoms with Crippen molar-refractivity contribution >= 4 is 11.0 Å². The third-order valence-corrected chi connectivity index (χ3v) is 2.75. The zero-order valence-corrected chi connectivity index (χ0v) is 8.03. The maximum Gasteiger partial charge on any atom is 0.225 e. The van der Waals surface area contributed by atoms with Crippen molar-refractivity contribution in [1.29, 1.82) is 0 Å². The molecule has 14 heavy (non-hydrogen) atoms. The van der Waals surface area contributed by atoms with Crippen LogP contribution in [0.25, 0.3) is 11.0 Å². The molecule has 0 aromatic carbocycles. The molecule has 0 fully saturated rings. The smallest absolute Gasteiger partial charge is 0.225 e. The minimum atomic E-state index is 0.678. The lowest BCUT2D eigenvalue weighted by atomic mass is 10.2. The summed E-state index contributed by atoms with van der Waals surface area (Å²) in [5.41, 5.74) is 2.35. The van der Waals surface area contributed by atoms with Gasteiger partial charge in [0.25, 0.3) is 0 Å². The van der Waals surface area contributed by atoms with Crippen LogP contribution in [0.4, 0.5) is 0 Å². The molecule has 3 heterocycles. The number of aryl methyl sites for hydroxylation is 2. The SMILES string of the molecule is COc1ncnc2c1cc1n2CCC1. The van der Waals surface area contributed by atoms with Crippen molar-refractivity contribution in [1.82, 2.24) is 14.5 Å². The summed E-state index contributed by atoms with van der Waals surface area (Å²) in [4.78, 5) is 8.38. The minimum Gasteiger partial charge on any atom is -0.480 e. The van der Waals surface area contributed by atoms with Crippen molar-refractivity contribution < 1.29 is 4.74 Å². The van der Waals surface area contributed by atoms with Gasteiger partial charge in [-0.15, -0.1) is 0 Å². The topological polar surface area (TPSA) is 39.9 Å². The number of nitrogens with zero attached hydrogens (tertiary/aromatic N) is 3. The van der Waals surface area contributed by atoms with Gasteiger partial charge in [-0.1, -0.05) is 0 Å². The van der Waals surface area contributed by atoms with E-state index in [1.807, 2.05) is 0 Å². The number of hydrogen-bond donors (Lipinski definition) is 0. The van der Waals surface area contributed by atoms with Crippen LogP contribution < -0.4 is 4.74 Å². The molecular weight excluding hydrogens is 178 g/mol. The van der Waals surface area contributed by atoms with Crippen molar-refractivity contribution in [2.75, 3.05) is 7.11 Å². The summed E-state index contributed by atoms with van der Waals surface area (Å²) in [5.74, 6) is 0.678. The van der Waals surface area contributed by atoms with Crippen molar-refractivity contribution in [3.63, 3.8) is 0 Å². The first-order valence-electron chi connectivity index (χ1n) is 4.77. The molecule has 4 heteroatoms. The molecule has 0 N–H and O–H groups in total. The van der Waals surface area contributed by atoms with Gasteiger partial charge in [0.2, 0.25) is 5.88 Å². The van der Waals surface area contributed by atoms with E-state index in [1.165, 1.54) is 12.1 Å². The molecule has 2 aromatic heterocycles. The molecule has 0 bridgehead atoms. The Morgan fingerprint density at radius 3 is 3.21 bits per heavy atom. The number of methoxy groups -OCH3 is 1. The van der Waals surface area contributed by atoms with Gasteiger partial charge in [-0.2, -0.15) is 0 Å². The number of hydrogen-bond acceptors (Lipinski definition) is 3. The van der Waals surface area contributed by atoms with E-state index in [0.717, 1.165) is 24.0 Å². The molecule has 0 aliphatic carbocycles.